The molecule has 6 nitrogen and oxygen atoms in total. The summed E-state index contributed by atoms with van der Waals surface area (Å²) in [6.07, 6.45) is 0. The largest absolute Gasteiger partial charge is 0.469 e. The third-order valence-electron chi connectivity index (χ3n) is 3.10. The second-order valence-electron chi connectivity index (χ2n) is 5.17. The fourth-order valence-corrected chi connectivity index (χ4v) is 3.45. The van der Waals surface area contributed by atoms with E-state index in [-0.39, 0.29) is 30.3 Å². The van der Waals surface area contributed by atoms with Crippen LogP contribution in [-0.4, -0.2) is 45.4 Å². The van der Waals surface area contributed by atoms with Gasteiger partial charge in [0, 0.05) is 19.6 Å². The lowest BCUT2D eigenvalue weighted by molar-refractivity contribution is -0.145. The first-order chi connectivity index (χ1) is 8.27. The molecule has 1 saturated heterocycles. The van der Waals surface area contributed by atoms with E-state index in [1.54, 1.807) is 0 Å². The molecule has 0 aromatic rings. The van der Waals surface area contributed by atoms with Crippen LogP contribution in [0.5, 0.6) is 0 Å². The molecule has 0 aliphatic carbocycles. The highest BCUT2D eigenvalue weighted by Gasteiger charge is 2.40. The van der Waals surface area contributed by atoms with Gasteiger partial charge in [-0.2, -0.15) is 12.7 Å². The van der Waals surface area contributed by atoms with Crippen molar-refractivity contribution in [3.63, 3.8) is 0 Å². The molecule has 2 unspecified atom stereocenters. The van der Waals surface area contributed by atoms with Gasteiger partial charge in [0.1, 0.15) is 0 Å². The second kappa shape index (κ2) is 5.99. The summed E-state index contributed by atoms with van der Waals surface area (Å²) < 4.78 is 32.6. The minimum Gasteiger partial charge on any atom is -0.469 e. The molecule has 0 aromatic carbocycles. The van der Waals surface area contributed by atoms with Crippen LogP contribution < -0.4 is 4.72 Å². The molecule has 0 radical (unpaired) electrons. The normalized spacial score (nSPS) is 25.6. The van der Waals surface area contributed by atoms with Crippen LogP contribution in [0.2, 0.25) is 0 Å². The second-order valence-corrected chi connectivity index (χ2v) is 6.93. The summed E-state index contributed by atoms with van der Waals surface area (Å²) in [4.78, 5) is 11.5. The minimum absolute atomic E-state index is 0.0203. The Kier molecular flexibility index (Phi) is 5.12. The van der Waals surface area contributed by atoms with E-state index >= 15 is 0 Å². The number of nitrogens with one attached hydrogen (secondary N) is 1. The molecule has 0 amide bonds. The highest BCUT2D eigenvalue weighted by atomic mass is 32.2. The average Bonchev–Trinajstić information content (AvgIpc) is 2.68. The lowest BCUT2D eigenvalue weighted by atomic mass is 9.99. The van der Waals surface area contributed by atoms with Crippen molar-refractivity contribution in [2.24, 2.45) is 17.8 Å². The standard InChI is InChI=1S/C11H22N2O4S/c1-8(2)5-12-18(15,16)13-6-9(3)10(7-13)11(14)17-4/h8-10,12H,5-7H2,1-4H3. The molecule has 106 valence electrons. The summed E-state index contributed by atoms with van der Waals surface area (Å²) in [6, 6.07) is 0. The van der Waals surface area contributed by atoms with Crippen molar-refractivity contribution >= 4 is 16.2 Å². The molecule has 1 rings (SSSR count). The number of rotatable bonds is 5. The molecule has 0 spiro atoms. The van der Waals surface area contributed by atoms with E-state index in [2.05, 4.69) is 9.46 Å². The first-order valence-electron chi connectivity index (χ1n) is 6.10. The van der Waals surface area contributed by atoms with E-state index in [0.29, 0.717) is 13.1 Å². The molecule has 2 atom stereocenters. The zero-order valence-corrected chi connectivity index (χ0v) is 12.2. The zero-order chi connectivity index (χ0) is 13.9. The maximum atomic E-state index is 12.0. The van der Waals surface area contributed by atoms with Crippen LogP contribution in [-0.2, 0) is 19.7 Å². The molecular weight excluding hydrogens is 256 g/mol. The SMILES string of the molecule is COC(=O)C1CN(S(=O)(=O)NCC(C)C)CC1C. The number of esters is 1. The van der Waals surface area contributed by atoms with E-state index < -0.39 is 10.2 Å². The van der Waals surface area contributed by atoms with Gasteiger partial charge in [0.05, 0.1) is 13.0 Å². The zero-order valence-electron chi connectivity index (χ0n) is 11.3. The number of hydrogen-bond donors (Lipinski definition) is 1. The molecule has 1 aliphatic rings. The minimum atomic E-state index is -3.49. The number of ether oxygens (including phenoxy) is 1. The third-order valence-corrected chi connectivity index (χ3v) is 4.61. The Morgan fingerprint density at radius 1 is 1.44 bits per heavy atom. The maximum absolute atomic E-state index is 12.0. The van der Waals surface area contributed by atoms with Crippen LogP contribution in [0.4, 0.5) is 0 Å². The molecule has 0 bridgehead atoms. The van der Waals surface area contributed by atoms with Crippen molar-refractivity contribution in [3.8, 4) is 0 Å². The molecule has 7 heteroatoms. The Bertz CT molecular complexity index is 394. The quantitative estimate of drug-likeness (QED) is 0.730. The van der Waals surface area contributed by atoms with Gasteiger partial charge in [0.15, 0.2) is 0 Å². The summed E-state index contributed by atoms with van der Waals surface area (Å²) in [5.41, 5.74) is 0. The van der Waals surface area contributed by atoms with E-state index in [4.69, 9.17) is 0 Å². The summed E-state index contributed by atoms with van der Waals surface area (Å²) in [7, 11) is -2.16. The van der Waals surface area contributed by atoms with E-state index in [1.165, 1.54) is 11.4 Å². The Morgan fingerprint density at radius 3 is 2.56 bits per heavy atom. The summed E-state index contributed by atoms with van der Waals surface area (Å²) in [5, 5.41) is 0. The smallest absolute Gasteiger partial charge is 0.310 e. The summed E-state index contributed by atoms with van der Waals surface area (Å²) in [6.45, 7) is 6.68. The molecule has 1 N–H and O–H groups in total. The molecule has 1 fully saturated rings. The predicted molar refractivity (Wildman–Crippen MR) is 68.0 cm³/mol. The first kappa shape index (κ1) is 15.4. The topological polar surface area (TPSA) is 75.7 Å². The molecule has 1 aliphatic heterocycles. The number of hydrogen-bond acceptors (Lipinski definition) is 4. The lowest BCUT2D eigenvalue weighted by Crippen LogP contribution is -2.41. The van der Waals surface area contributed by atoms with Gasteiger partial charge in [0.2, 0.25) is 0 Å². The fourth-order valence-electron chi connectivity index (χ4n) is 1.94. The Labute approximate surface area is 109 Å². The van der Waals surface area contributed by atoms with Gasteiger partial charge in [-0.25, -0.2) is 4.72 Å². The van der Waals surface area contributed by atoms with Gasteiger partial charge >= 0.3 is 5.97 Å². The first-order valence-corrected chi connectivity index (χ1v) is 7.54. The van der Waals surface area contributed by atoms with Crippen LogP contribution >= 0.6 is 0 Å². The average molecular weight is 278 g/mol. The summed E-state index contributed by atoms with van der Waals surface area (Å²) in [5.74, 6) is -0.487. The van der Waals surface area contributed by atoms with Crippen molar-refractivity contribution in [2.75, 3.05) is 26.7 Å². The van der Waals surface area contributed by atoms with Crippen molar-refractivity contribution in [3.05, 3.63) is 0 Å². The van der Waals surface area contributed by atoms with Crippen molar-refractivity contribution in [1.82, 2.24) is 9.03 Å². The predicted octanol–water partition coefficient (Wildman–Crippen LogP) is 0.218. The van der Waals surface area contributed by atoms with Crippen LogP contribution in [0.1, 0.15) is 20.8 Å². The van der Waals surface area contributed by atoms with Crippen LogP contribution in [0.15, 0.2) is 0 Å². The Balaban J connectivity index is 2.67. The van der Waals surface area contributed by atoms with Crippen LogP contribution in [0.25, 0.3) is 0 Å². The van der Waals surface area contributed by atoms with Crippen LogP contribution in [0, 0.1) is 17.8 Å². The Morgan fingerprint density at radius 2 is 2.06 bits per heavy atom. The molecular formula is C11H22N2O4S. The maximum Gasteiger partial charge on any atom is 0.310 e. The number of carbonyl (C=O) groups excluding carboxylic acids is 1. The van der Waals surface area contributed by atoms with Gasteiger partial charge in [-0.15, -0.1) is 0 Å². The molecule has 0 aromatic heterocycles. The van der Waals surface area contributed by atoms with Crippen LogP contribution in [0.3, 0.4) is 0 Å². The van der Waals surface area contributed by atoms with E-state index in [0.717, 1.165) is 0 Å². The van der Waals surface area contributed by atoms with Gasteiger partial charge in [-0.3, -0.25) is 4.79 Å². The number of methoxy groups -OCH3 is 1. The van der Waals surface area contributed by atoms with E-state index in [9.17, 15) is 13.2 Å². The van der Waals surface area contributed by atoms with E-state index in [1.807, 2.05) is 20.8 Å². The van der Waals surface area contributed by atoms with Crippen molar-refractivity contribution in [2.45, 2.75) is 20.8 Å². The van der Waals surface area contributed by atoms with Gasteiger partial charge in [-0.05, 0) is 11.8 Å². The highest BCUT2D eigenvalue weighted by molar-refractivity contribution is 7.87. The summed E-state index contributed by atoms with van der Waals surface area (Å²) >= 11 is 0. The van der Waals surface area contributed by atoms with Crippen molar-refractivity contribution < 1.29 is 17.9 Å². The monoisotopic (exact) mass is 278 g/mol. The lowest BCUT2D eigenvalue weighted by Gasteiger charge is -2.17. The third kappa shape index (κ3) is 3.66. The molecule has 18 heavy (non-hydrogen) atoms. The molecule has 0 saturated carbocycles. The molecule has 1 heterocycles. The van der Waals surface area contributed by atoms with Crippen molar-refractivity contribution in [1.29, 1.82) is 0 Å². The van der Waals surface area contributed by atoms with Gasteiger partial charge in [-0.1, -0.05) is 20.8 Å². The Hall–Kier alpha value is -0.660. The van der Waals surface area contributed by atoms with Gasteiger partial charge in [0.25, 0.3) is 10.2 Å². The fraction of sp³-hybridized carbons (Fsp3) is 0.909. The van der Waals surface area contributed by atoms with Gasteiger partial charge < -0.3 is 4.74 Å². The number of carbonyl (C=O) groups is 1. The number of nitrogens with zero attached hydrogens (tertiary/aromatic N) is 1. The highest BCUT2D eigenvalue weighted by Crippen LogP contribution is 2.25.